The number of thioether (sulfide) groups is 1. The van der Waals surface area contributed by atoms with E-state index in [1.165, 1.54) is 32.4 Å². The predicted molar refractivity (Wildman–Crippen MR) is 135 cm³/mol. The summed E-state index contributed by atoms with van der Waals surface area (Å²) < 4.78 is 43.4. The van der Waals surface area contributed by atoms with Crippen LogP contribution in [0.2, 0.25) is 0 Å². The first-order valence-corrected chi connectivity index (χ1v) is 12.9. The zero-order valence-corrected chi connectivity index (χ0v) is 20.8. The first kappa shape index (κ1) is 25.1. The molecule has 0 aliphatic rings. The molecule has 0 saturated carbocycles. The Morgan fingerprint density at radius 1 is 0.972 bits per heavy atom. The Morgan fingerprint density at radius 2 is 1.67 bits per heavy atom. The van der Waals surface area contributed by atoms with E-state index in [-0.39, 0.29) is 21.8 Å². The van der Waals surface area contributed by atoms with Crippen molar-refractivity contribution in [1.29, 1.82) is 0 Å². The summed E-state index contributed by atoms with van der Waals surface area (Å²) in [5.74, 6) is -0.153. The van der Waals surface area contributed by atoms with E-state index in [0.29, 0.717) is 33.8 Å². The van der Waals surface area contributed by atoms with E-state index in [2.05, 4.69) is 19.8 Å². The van der Waals surface area contributed by atoms with E-state index in [4.69, 9.17) is 9.15 Å². The monoisotopic (exact) mass is 527 g/mol. The van der Waals surface area contributed by atoms with Gasteiger partial charge in [0.15, 0.2) is 5.58 Å². The Kier molecular flexibility index (Phi) is 7.46. The third-order valence-corrected chi connectivity index (χ3v) is 7.12. The summed E-state index contributed by atoms with van der Waals surface area (Å²) in [6.45, 7) is 0. The highest BCUT2D eigenvalue weighted by Crippen LogP contribution is 2.27. The Hall–Kier alpha value is -4.03. The fourth-order valence-electron chi connectivity index (χ4n) is 3.12. The normalized spacial score (nSPS) is 11.2. The predicted octanol–water partition coefficient (Wildman–Crippen LogP) is 4.15. The van der Waals surface area contributed by atoms with Crippen LogP contribution in [-0.2, 0) is 19.6 Å². The van der Waals surface area contributed by atoms with E-state index in [1.807, 2.05) is 0 Å². The maximum Gasteiger partial charge on any atom is 0.337 e. The number of carbonyl (C=O) groups excluding carboxylic acids is 2. The number of fused-ring (bicyclic) bond motifs is 1. The number of oxazole rings is 1. The molecule has 0 unspecified atom stereocenters. The Bertz CT molecular complexity index is 1500. The van der Waals surface area contributed by atoms with Crippen molar-refractivity contribution in [2.45, 2.75) is 10.1 Å². The van der Waals surface area contributed by atoms with Gasteiger partial charge < -0.3 is 19.2 Å². The molecule has 0 radical (unpaired) electrons. The highest BCUT2D eigenvalue weighted by Gasteiger charge is 2.17. The van der Waals surface area contributed by atoms with Crippen molar-refractivity contribution in [3.8, 4) is 5.75 Å². The molecule has 12 heteroatoms. The number of ether oxygens (including phenoxy) is 2. The van der Waals surface area contributed by atoms with Crippen LogP contribution < -0.4 is 14.8 Å². The lowest BCUT2D eigenvalue weighted by Crippen LogP contribution is -2.14. The minimum Gasteiger partial charge on any atom is -0.497 e. The van der Waals surface area contributed by atoms with E-state index in [0.717, 1.165) is 11.8 Å². The molecule has 0 saturated heterocycles. The molecule has 1 heterocycles. The lowest BCUT2D eigenvalue weighted by molar-refractivity contribution is -0.113. The molecule has 4 rings (SSSR count). The largest absolute Gasteiger partial charge is 0.497 e. The van der Waals surface area contributed by atoms with Crippen LogP contribution >= 0.6 is 11.8 Å². The maximum absolute atomic E-state index is 12.8. The van der Waals surface area contributed by atoms with E-state index < -0.39 is 16.0 Å². The van der Waals surface area contributed by atoms with Crippen LogP contribution in [0, 0.1) is 0 Å². The van der Waals surface area contributed by atoms with Crippen LogP contribution in [0.15, 0.2) is 81.3 Å². The van der Waals surface area contributed by atoms with Gasteiger partial charge in [0.25, 0.3) is 15.2 Å². The van der Waals surface area contributed by atoms with Gasteiger partial charge in [0.1, 0.15) is 11.3 Å². The molecule has 0 bridgehead atoms. The lowest BCUT2D eigenvalue weighted by Gasteiger charge is -2.08. The van der Waals surface area contributed by atoms with Crippen LogP contribution in [-0.4, -0.2) is 45.3 Å². The molecule has 4 aromatic rings. The molecule has 1 amide bonds. The van der Waals surface area contributed by atoms with Gasteiger partial charge in [0.2, 0.25) is 5.91 Å². The van der Waals surface area contributed by atoms with Gasteiger partial charge in [-0.1, -0.05) is 11.8 Å². The molecule has 36 heavy (non-hydrogen) atoms. The summed E-state index contributed by atoms with van der Waals surface area (Å²) >= 11 is 1.06. The molecular formula is C24H21N3O7S2. The third kappa shape index (κ3) is 5.96. The molecule has 1 aromatic heterocycles. The minimum atomic E-state index is -3.86. The Balaban J connectivity index is 1.39. The number of sulfonamides is 1. The zero-order valence-electron chi connectivity index (χ0n) is 19.2. The molecule has 186 valence electrons. The van der Waals surface area contributed by atoms with Gasteiger partial charge in [-0.25, -0.2) is 18.2 Å². The maximum atomic E-state index is 12.8. The molecule has 2 N–H and O–H groups in total. The number of hydrogen-bond donors (Lipinski definition) is 2. The van der Waals surface area contributed by atoms with Crippen molar-refractivity contribution in [3.63, 3.8) is 0 Å². The average molecular weight is 528 g/mol. The van der Waals surface area contributed by atoms with Gasteiger partial charge in [-0.15, -0.1) is 0 Å². The molecule has 0 atom stereocenters. The summed E-state index contributed by atoms with van der Waals surface area (Å²) in [7, 11) is -1.04. The number of aromatic nitrogens is 1. The fraction of sp³-hybridized carbons (Fsp3) is 0.125. The van der Waals surface area contributed by atoms with Gasteiger partial charge >= 0.3 is 5.97 Å². The number of methoxy groups -OCH3 is 2. The van der Waals surface area contributed by atoms with Crippen molar-refractivity contribution in [1.82, 2.24) is 4.98 Å². The van der Waals surface area contributed by atoms with Gasteiger partial charge in [0.05, 0.1) is 30.4 Å². The van der Waals surface area contributed by atoms with Gasteiger partial charge in [-0.3, -0.25) is 9.52 Å². The first-order chi connectivity index (χ1) is 17.3. The van der Waals surface area contributed by atoms with Gasteiger partial charge in [-0.05, 0) is 66.7 Å². The first-order valence-electron chi connectivity index (χ1n) is 10.5. The standard InChI is InChI=1S/C24H21N3O7S2/c1-32-18-9-7-17(8-10-18)27-36(30,31)19-11-12-21-20(13-19)26-24(34-21)35-14-22(28)25-16-5-3-15(4-6-16)23(29)33-2/h3-13,27H,14H2,1-2H3,(H,25,28). The number of anilines is 2. The molecule has 0 fully saturated rings. The second kappa shape index (κ2) is 10.7. The number of esters is 1. The molecule has 0 spiro atoms. The molecular weight excluding hydrogens is 506 g/mol. The van der Waals surface area contributed by atoms with Crippen molar-refractivity contribution in [2.75, 3.05) is 30.0 Å². The average Bonchev–Trinajstić information content (AvgIpc) is 3.30. The SMILES string of the molecule is COC(=O)c1ccc(NC(=O)CSc2nc3cc(S(=O)(=O)Nc4ccc(OC)cc4)ccc3o2)cc1. The number of rotatable bonds is 9. The Labute approximate surface area is 211 Å². The topological polar surface area (TPSA) is 137 Å². The van der Waals surface area contributed by atoms with E-state index in [9.17, 15) is 18.0 Å². The molecule has 10 nitrogen and oxygen atoms in total. The van der Waals surface area contributed by atoms with Crippen LogP contribution in [0.5, 0.6) is 5.75 Å². The van der Waals surface area contributed by atoms with E-state index in [1.54, 1.807) is 48.5 Å². The quantitative estimate of drug-likeness (QED) is 0.243. The Morgan fingerprint density at radius 3 is 2.33 bits per heavy atom. The molecule has 3 aromatic carbocycles. The van der Waals surface area contributed by atoms with Gasteiger partial charge in [-0.2, -0.15) is 0 Å². The number of hydrogen-bond acceptors (Lipinski definition) is 9. The van der Waals surface area contributed by atoms with Crippen LogP contribution in [0.1, 0.15) is 10.4 Å². The van der Waals surface area contributed by atoms with E-state index >= 15 is 0 Å². The van der Waals surface area contributed by atoms with Gasteiger partial charge in [0, 0.05) is 11.4 Å². The highest BCUT2D eigenvalue weighted by molar-refractivity contribution is 7.99. The summed E-state index contributed by atoms with van der Waals surface area (Å²) in [5, 5.41) is 2.93. The van der Waals surface area contributed by atoms with Crippen molar-refractivity contribution >= 4 is 56.1 Å². The molecule has 0 aliphatic carbocycles. The van der Waals surface area contributed by atoms with Crippen LogP contribution in [0.3, 0.4) is 0 Å². The number of carbonyl (C=O) groups is 2. The van der Waals surface area contributed by atoms with Crippen molar-refractivity contribution < 1.29 is 31.9 Å². The van der Waals surface area contributed by atoms with Crippen LogP contribution in [0.4, 0.5) is 11.4 Å². The lowest BCUT2D eigenvalue weighted by atomic mass is 10.2. The zero-order chi connectivity index (χ0) is 25.7. The smallest absolute Gasteiger partial charge is 0.337 e. The van der Waals surface area contributed by atoms with Crippen LogP contribution in [0.25, 0.3) is 11.1 Å². The highest BCUT2D eigenvalue weighted by atomic mass is 32.2. The van der Waals surface area contributed by atoms with Crippen molar-refractivity contribution in [3.05, 3.63) is 72.3 Å². The second-order valence-corrected chi connectivity index (χ2v) is 9.96. The summed E-state index contributed by atoms with van der Waals surface area (Å²) in [6.07, 6.45) is 0. The number of amides is 1. The number of nitrogens with one attached hydrogen (secondary N) is 2. The second-order valence-electron chi connectivity index (χ2n) is 7.35. The van der Waals surface area contributed by atoms with Crippen molar-refractivity contribution in [2.24, 2.45) is 0 Å². The fourth-order valence-corrected chi connectivity index (χ4v) is 4.84. The summed E-state index contributed by atoms with van der Waals surface area (Å²) in [5.41, 5.74) is 2.01. The molecule has 0 aliphatic heterocycles. The minimum absolute atomic E-state index is 0.00968. The summed E-state index contributed by atoms with van der Waals surface area (Å²) in [6, 6.07) is 17.1. The summed E-state index contributed by atoms with van der Waals surface area (Å²) in [4.78, 5) is 28.1. The number of nitrogens with zero attached hydrogens (tertiary/aromatic N) is 1. The third-order valence-electron chi connectivity index (χ3n) is 4.91. The number of benzene rings is 3.